The molecule has 1 N–H and O–H groups in total. The molecule has 0 saturated carbocycles. The van der Waals surface area contributed by atoms with Gasteiger partial charge in [0.05, 0.1) is 17.9 Å². The normalized spacial score (nSPS) is 12.9. The summed E-state index contributed by atoms with van der Waals surface area (Å²) in [5.74, 6) is -1.59. The van der Waals surface area contributed by atoms with Crippen molar-refractivity contribution in [1.29, 1.82) is 0 Å². The molecule has 0 saturated heterocycles. The van der Waals surface area contributed by atoms with Crippen LogP contribution in [0.15, 0.2) is 12.7 Å². The van der Waals surface area contributed by atoms with Gasteiger partial charge in [0.2, 0.25) is 0 Å². The number of hydrogen-bond acceptors (Lipinski definition) is 3. The predicted molar refractivity (Wildman–Crippen MR) is 65.6 cm³/mol. The van der Waals surface area contributed by atoms with Crippen molar-refractivity contribution in [3.05, 3.63) is 12.7 Å². The molecule has 0 aromatic rings. The molecule has 4 nitrogen and oxygen atoms in total. The number of carboxylic acid groups (broad SMARTS) is 1. The SMILES string of the molecule is C=CC(CCCCOC(=O)C(C)(C)C)C(=O)O. The molecule has 0 aromatic heterocycles. The average Bonchev–Trinajstić information content (AvgIpc) is 2.20. The van der Waals surface area contributed by atoms with Gasteiger partial charge in [-0.2, -0.15) is 0 Å². The third-order valence-electron chi connectivity index (χ3n) is 2.36. The first-order valence-electron chi connectivity index (χ1n) is 5.81. The van der Waals surface area contributed by atoms with Crippen LogP contribution in [0.1, 0.15) is 40.0 Å². The molecule has 0 rings (SSSR count). The Kier molecular flexibility index (Phi) is 6.54. The van der Waals surface area contributed by atoms with Gasteiger partial charge in [-0.3, -0.25) is 9.59 Å². The van der Waals surface area contributed by atoms with E-state index in [0.29, 0.717) is 25.9 Å². The van der Waals surface area contributed by atoms with Crippen LogP contribution >= 0.6 is 0 Å². The van der Waals surface area contributed by atoms with E-state index in [9.17, 15) is 9.59 Å². The lowest BCUT2D eigenvalue weighted by atomic mass is 9.97. The van der Waals surface area contributed by atoms with Crippen LogP contribution in [0.3, 0.4) is 0 Å². The fourth-order valence-electron chi connectivity index (χ4n) is 1.19. The molecule has 0 aliphatic heterocycles. The molecule has 1 atom stereocenters. The minimum Gasteiger partial charge on any atom is -0.481 e. The van der Waals surface area contributed by atoms with E-state index in [4.69, 9.17) is 9.84 Å². The number of ether oxygens (including phenoxy) is 1. The standard InChI is InChI=1S/C13H22O4/c1-5-10(11(14)15)8-6-7-9-17-12(16)13(2,3)4/h5,10H,1,6-9H2,2-4H3,(H,14,15). The first-order valence-corrected chi connectivity index (χ1v) is 5.81. The van der Waals surface area contributed by atoms with Gasteiger partial charge in [-0.1, -0.05) is 6.08 Å². The van der Waals surface area contributed by atoms with Crippen molar-refractivity contribution < 1.29 is 19.4 Å². The molecule has 0 aliphatic rings. The van der Waals surface area contributed by atoms with Gasteiger partial charge in [0.25, 0.3) is 0 Å². The maximum Gasteiger partial charge on any atom is 0.311 e. The second kappa shape index (κ2) is 7.09. The summed E-state index contributed by atoms with van der Waals surface area (Å²) in [6.45, 7) is 9.22. The molecule has 0 heterocycles. The maximum atomic E-state index is 11.4. The Morgan fingerprint density at radius 1 is 1.35 bits per heavy atom. The van der Waals surface area contributed by atoms with Gasteiger partial charge in [0.15, 0.2) is 0 Å². The quantitative estimate of drug-likeness (QED) is 0.423. The summed E-state index contributed by atoms with van der Waals surface area (Å²) in [5, 5.41) is 8.77. The lowest BCUT2D eigenvalue weighted by Crippen LogP contribution is -2.23. The Labute approximate surface area is 103 Å². The maximum absolute atomic E-state index is 11.4. The van der Waals surface area contributed by atoms with Crippen LogP contribution in [0.4, 0.5) is 0 Å². The molecule has 17 heavy (non-hydrogen) atoms. The molecule has 0 spiro atoms. The summed E-state index contributed by atoms with van der Waals surface area (Å²) in [6, 6.07) is 0. The van der Waals surface area contributed by atoms with E-state index in [-0.39, 0.29) is 5.97 Å². The fraction of sp³-hybridized carbons (Fsp3) is 0.692. The molecule has 0 amide bonds. The molecule has 4 heteroatoms. The highest BCUT2D eigenvalue weighted by Gasteiger charge is 2.22. The third kappa shape index (κ3) is 6.76. The zero-order valence-corrected chi connectivity index (χ0v) is 10.9. The first kappa shape index (κ1) is 15.7. The van der Waals surface area contributed by atoms with E-state index in [1.807, 2.05) is 0 Å². The van der Waals surface area contributed by atoms with Crippen LogP contribution in [0, 0.1) is 11.3 Å². The van der Waals surface area contributed by atoms with Gasteiger partial charge in [0, 0.05) is 0 Å². The highest BCUT2D eigenvalue weighted by molar-refractivity contribution is 5.75. The number of hydrogen-bond donors (Lipinski definition) is 1. The smallest absolute Gasteiger partial charge is 0.311 e. The Morgan fingerprint density at radius 2 is 1.94 bits per heavy atom. The number of unbranched alkanes of at least 4 members (excludes halogenated alkanes) is 1. The first-order chi connectivity index (χ1) is 7.79. The fourth-order valence-corrected chi connectivity index (χ4v) is 1.19. The van der Waals surface area contributed by atoms with E-state index in [1.165, 1.54) is 6.08 Å². The summed E-state index contributed by atoms with van der Waals surface area (Å²) in [7, 11) is 0. The summed E-state index contributed by atoms with van der Waals surface area (Å²) in [5.41, 5.74) is -0.481. The third-order valence-corrected chi connectivity index (χ3v) is 2.36. The largest absolute Gasteiger partial charge is 0.481 e. The molecular weight excluding hydrogens is 220 g/mol. The topological polar surface area (TPSA) is 63.6 Å². The number of aliphatic carboxylic acids is 1. The Balaban J connectivity index is 3.70. The number of carbonyl (C=O) groups excluding carboxylic acids is 1. The van der Waals surface area contributed by atoms with Crippen LogP contribution in [-0.4, -0.2) is 23.7 Å². The lowest BCUT2D eigenvalue weighted by Gasteiger charge is -2.16. The highest BCUT2D eigenvalue weighted by atomic mass is 16.5. The summed E-state index contributed by atoms with van der Waals surface area (Å²) >= 11 is 0. The van der Waals surface area contributed by atoms with Crippen molar-refractivity contribution in [1.82, 2.24) is 0 Å². The highest BCUT2D eigenvalue weighted by Crippen LogP contribution is 2.16. The minimum absolute atomic E-state index is 0.226. The Hall–Kier alpha value is -1.32. The van der Waals surface area contributed by atoms with E-state index in [0.717, 1.165) is 0 Å². The van der Waals surface area contributed by atoms with Crippen molar-refractivity contribution in [2.75, 3.05) is 6.61 Å². The second-order valence-corrected chi connectivity index (χ2v) is 5.06. The van der Waals surface area contributed by atoms with E-state index < -0.39 is 17.3 Å². The molecule has 0 aliphatic carbocycles. The monoisotopic (exact) mass is 242 g/mol. The van der Waals surface area contributed by atoms with Gasteiger partial charge in [-0.05, 0) is 40.0 Å². The molecule has 0 radical (unpaired) electrons. The number of rotatable bonds is 7. The van der Waals surface area contributed by atoms with E-state index in [1.54, 1.807) is 20.8 Å². The van der Waals surface area contributed by atoms with E-state index in [2.05, 4.69) is 6.58 Å². The summed E-state index contributed by atoms with van der Waals surface area (Å²) in [4.78, 5) is 22.1. The second-order valence-electron chi connectivity index (χ2n) is 5.06. The predicted octanol–water partition coefficient (Wildman–Crippen LogP) is 2.63. The molecule has 98 valence electrons. The van der Waals surface area contributed by atoms with Crippen LogP contribution in [0.2, 0.25) is 0 Å². The van der Waals surface area contributed by atoms with Crippen molar-refractivity contribution in [3.63, 3.8) is 0 Å². The number of esters is 1. The number of carbonyl (C=O) groups is 2. The minimum atomic E-state index is -0.855. The molecular formula is C13H22O4. The van der Waals surface area contributed by atoms with Crippen molar-refractivity contribution >= 4 is 11.9 Å². The lowest BCUT2D eigenvalue weighted by molar-refractivity contribution is -0.153. The van der Waals surface area contributed by atoms with Crippen LogP contribution in [0.25, 0.3) is 0 Å². The summed E-state index contributed by atoms with van der Waals surface area (Å²) in [6.07, 6.45) is 3.36. The van der Waals surface area contributed by atoms with Gasteiger partial charge in [0.1, 0.15) is 0 Å². The van der Waals surface area contributed by atoms with Crippen LogP contribution < -0.4 is 0 Å². The van der Waals surface area contributed by atoms with Crippen molar-refractivity contribution in [3.8, 4) is 0 Å². The van der Waals surface area contributed by atoms with Gasteiger partial charge < -0.3 is 9.84 Å². The zero-order chi connectivity index (χ0) is 13.5. The zero-order valence-electron chi connectivity index (χ0n) is 10.9. The number of carboxylic acids is 1. The van der Waals surface area contributed by atoms with Crippen molar-refractivity contribution in [2.24, 2.45) is 11.3 Å². The van der Waals surface area contributed by atoms with Crippen LogP contribution in [0.5, 0.6) is 0 Å². The molecule has 0 bridgehead atoms. The van der Waals surface area contributed by atoms with E-state index >= 15 is 0 Å². The molecule has 0 aromatic carbocycles. The molecule has 0 fully saturated rings. The average molecular weight is 242 g/mol. The van der Waals surface area contributed by atoms with Gasteiger partial charge in [-0.25, -0.2) is 0 Å². The molecule has 1 unspecified atom stereocenters. The summed E-state index contributed by atoms with van der Waals surface area (Å²) < 4.78 is 5.07. The van der Waals surface area contributed by atoms with Gasteiger partial charge >= 0.3 is 11.9 Å². The Bertz CT molecular complexity index is 276. The van der Waals surface area contributed by atoms with Crippen molar-refractivity contribution in [2.45, 2.75) is 40.0 Å². The Morgan fingerprint density at radius 3 is 2.35 bits per heavy atom. The van der Waals surface area contributed by atoms with Gasteiger partial charge in [-0.15, -0.1) is 6.58 Å². The van der Waals surface area contributed by atoms with Crippen LogP contribution in [-0.2, 0) is 14.3 Å².